The Morgan fingerprint density at radius 3 is 1.96 bits per heavy atom. The molecular formula is C20H35N3O2S2. The van der Waals surface area contributed by atoms with Gasteiger partial charge in [-0.25, -0.2) is 0 Å². The van der Waals surface area contributed by atoms with Gasteiger partial charge in [-0.3, -0.25) is 19.5 Å². The molecule has 0 saturated carbocycles. The SMILES string of the molecule is C#CSC(=NC(C)C)N(C)C(=O)C(C)C.CC(C)CC(=S)NC(=O)C(C)C. The van der Waals surface area contributed by atoms with E-state index in [0.29, 0.717) is 16.1 Å². The van der Waals surface area contributed by atoms with E-state index in [0.717, 1.165) is 18.2 Å². The molecule has 0 rings (SSSR count). The number of hydrogen-bond acceptors (Lipinski definition) is 5. The molecule has 2 amide bonds. The molecule has 27 heavy (non-hydrogen) atoms. The van der Waals surface area contributed by atoms with Crippen molar-refractivity contribution in [1.29, 1.82) is 0 Å². The van der Waals surface area contributed by atoms with Crippen molar-refractivity contribution in [1.82, 2.24) is 10.2 Å². The zero-order valence-corrected chi connectivity index (χ0v) is 19.8. The summed E-state index contributed by atoms with van der Waals surface area (Å²) in [5, 5.41) is 5.73. The molecule has 0 heterocycles. The number of thiocarbonyl (C=S) groups is 1. The van der Waals surface area contributed by atoms with Crippen molar-refractivity contribution < 1.29 is 9.59 Å². The summed E-state index contributed by atoms with van der Waals surface area (Å²) in [5.74, 6) is 0.503. The number of thioether (sulfide) groups is 1. The van der Waals surface area contributed by atoms with Crippen LogP contribution >= 0.6 is 24.0 Å². The number of nitrogens with one attached hydrogen (secondary N) is 1. The van der Waals surface area contributed by atoms with E-state index in [2.05, 4.69) is 29.4 Å². The Hall–Kier alpha value is -1.39. The summed E-state index contributed by atoms with van der Waals surface area (Å²) in [4.78, 5) is 29.3. The van der Waals surface area contributed by atoms with Crippen LogP contribution in [0.25, 0.3) is 0 Å². The first-order valence-electron chi connectivity index (χ1n) is 9.14. The van der Waals surface area contributed by atoms with E-state index in [9.17, 15) is 9.59 Å². The van der Waals surface area contributed by atoms with Crippen LogP contribution in [0, 0.1) is 29.4 Å². The quantitative estimate of drug-likeness (QED) is 0.315. The molecule has 0 aromatic rings. The third-order valence-electron chi connectivity index (χ3n) is 3.01. The van der Waals surface area contributed by atoms with Crippen molar-refractivity contribution >= 4 is 46.0 Å². The lowest BCUT2D eigenvalue weighted by Gasteiger charge is -2.20. The Morgan fingerprint density at radius 2 is 1.63 bits per heavy atom. The van der Waals surface area contributed by atoms with E-state index in [1.165, 1.54) is 4.90 Å². The van der Waals surface area contributed by atoms with Crippen LogP contribution in [-0.4, -0.2) is 40.0 Å². The molecule has 7 heteroatoms. The first kappa shape index (κ1) is 27.8. The second-order valence-electron chi connectivity index (χ2n) is 7.44. The van der Waals surface area contributed by atoms with Gasteiger partial charge in [-0.15, -0.1) is 6.42 Å². The topological polar surface area (TPSA) is 61.8 Å². The third-order valence-corrected chi connectivity index (χ3v) is 3.96. The van der Waals surface area contributed by atoms with Crippen LogP contribution in [0.1, 0.15) is 61.8 Å². The monoisotopic (exact) mass is 413 g/mol. The molecular weight excluding hydrogens is 378 g/mol. The Bertz CT molecular complexity index is 562. The molecule has 154 valence electrons. The Balaban J connectivity index is 0. The molecule has 0 atom stereocenters. The van der Waals surface area contributed by atoms with Crippen molar-refractivity contribution in [3.05, 3.63) is 0 Å². The van der Waals surface area contributed by atoms with Gasteiger partial charge in [0.15, 0.2) is 5.17 Å². The highest BCUT2D eigenvalue weighted by molar-refractivity contribution is 8.17. The van der Waals surface area contributed by atoms with Crippen molar-refractivity contribution in [2.75, 3.05) is 7.05 Å². The Kier molecular flexibility index (Phi) is 15.1. The molecule has 0 fully saturated rings. The first-order chi connectivity index (χ1) is 12.3. The molecule has 1 N–H and O–H groups in total. The third kappa shape index (κ3) is 14.3. The number of rotatable bonds is 5. The second kappa shape index (κ2) is 14.6. The number of amides is 2. The van der Waals surface area contributed by atoms with E-state index < -0.39 is 0 Å². The maximum atomic E-state index is 11.7. The van der Waals surface area contributed by atoms with Crippen LogP contribution in [0.15, 0.2) is 4.99 Å². The minimum atomic E-state index is -0.0502. The van der Waals surface area contributed by atoms with E-state index in [-0.39, 0.29) is 29.7 Å². The Morgan fingerprint density at radius 1 is 1.11 bits per heavy atom. The van der Waals surface area contributed by atoms with Crippen LogP contribution in [0.3, 0.4) is 0 Å². The summed E-state index contributed by atoms with van der Waals surface area (Å²) in [5.41, 5.74) is 0. The zero-order valence-electron chi connectivity index (χ0n) is 18.1. The van der Waals surface area contributed by atoms with Gasteiger partial charge in [0.1, 0.15) is 0 Å². The number of hydrogen-bond donors (Lipinski definition) is 1. The van der Waals surface area contributed by atoms with Crippen LogP contribution < -0.4 is 5.32 Å². The van der Waals surface area contributed by atoms with Gasteiger partial charge in [0.25, 0.3) is 0 Å². The molecule has 0 aromatic heterocycles. The maximum absolute atomic E-state index is 11.7. The lowest BCUT2D eigenvalue weighted by atomic mass is 10.1. The zero-order chi connectivity index (χ0) is 21.7. The lowest BCUT2D eigenvalue weighted by Crippen LogP contribution is -2.34. The summed E-state index contributed by atoms with van der Waals surface area (Å²) < 4.78 is 0. The Labute approximate surface area is 175 Å². The average molecular weight is 414 g/mol. The van der Waals surface area contributed by atoms with E-state index >= 15 is 0 Å². The van der Waals surface area contributed by atoms with Gasteiger partial charge in [-0.2, -0.15) is 0 Å². The first-order valence-corrected chi connectivity index (χ1v) is 10.4. The highest BCUT2D eigenvalue weighted by atomic mass is 32.2. The fraction of sp³-hybridized carbons (Fsp3) is 0.700. The number of nitrogens with zero attached hydrogens (tertiary/aromatic N) is 2. The molecule has 0 saturated heterocycles. The molecule has 0 aliphatic rings. The van der Waals surface area contributed by atoms with Gasteiger partial charge in [0, 0.05) is 31.3 Å². The van der Waals surface area contributed by atoms with Crippen LogP contribution in [-0.2, 0) is 9.59 Å². The van der Waals surface area contributed by atoms with Crippen molar-refractivity contribution in [2.45, 2.75) is 67.9 Å². The van der Waals surface area contributed by atoms with Gasteiger partial charge in [0.2, 0.25) is 11.8 Å². The second-order valence-corrected chi connectivity index (χ2v) is 8.74. The summed E-state index contributed by atoms with van der Waals surface area (Å²) in [7, 11) is 1.70. The van der Waals surface area contributed by atoms with Gasteiger partial charge in [0.05, 0.1) is 4.99 Å². The summed E-state index contributed by atoms with van der Waals surface area (Å²) in [6.45, 7) is 15.5. The summed E-state index contributed by atoms with van der Waals surface area (Å²) >= 11 is 6.14. The minimum Gasteiger partial charge on any atom is -0.320 e. The standard InChI is InChI=1S/C11H18N2OS.C9H17NOS/c1-7-15-11(12-9(4)5)13(6)10(14)8(2)3;1-6(2)5-8(12)10-9(11)7(3)4/h1,8-9H,2-6H3;6-7H,5H2,1-4H3,(H,10,11,12). The van der Waals surface area contributed by atoms with Crippen LogP contribution in [0.2, 0.25) is 0 Å². The van der Waals surface area contributed by atoms with Crippen molar-refractivity contribution in [2.24, 2.45) is 22.7 Å². The summed E-state index contributed by atoms with van der Waals surface area (Å²) in [6.07, 6.45) is 6.00. The van der Waals surface area contributed by atoms with Crippen molar-refractivity contribution in [3.63, 3.8) is 0 Å². The minimum absolute atomic E-state index is 0.00936. The highest BCUT2D eigenvalue weighted by Crippen LogP contribution is 2.11. The molecule has 0 aliphatic heterocycles. The molecule has 0 spiro atoms. The number of aliphatic imine (C=N–C) groups is 1. The largest absolute Gasteiger partial charge is 0.320 e. The molecule has 0 bridgehead atoms. The molecule has 5 nitrogen and oxygen atoms in total. The highest BCUT2D eigenvalue weighted by Gasteiger charge is 2.18. The van der Waals surface area contributed by atoms with Gasteiger partial charge in [-0.05, 0) is 36.8 Å². The van der Waals surface area contributed by atoms with Gasteiger partial charge >= 0.3 is 0 Å². The van der Waals surface area contributed by atoms with Gasteiger partial charge < -0.3 is 5.32 Å². The number of amidine groups is 1. The smallest absolute Gasteiger partial charge is 0.230 e. The van der Waals surface area contributed by atoms with Gasteiger partial charge in [-0.1, -0.05) is 53.8 Å². The molecule has 0 aromatic carbocycles. The van der Waals surface area contributed by atoms with Crippen molar-refractivity contribution in [3.8, 4) is 11.7 Å². The lowest BCUT2D eigenvalue weighted by molar-refractivity contribution is -0.129. The maximum Gasteiger partial charge on any atom is 0.230 e. The number of carbonyl (C=O) groups excluding carboxylic acids is 2. The average Bonchev–Trinajstić information content (AvgIpc) is 2.52. The predicted octanol–water partition coefficient (Wildman–Crippen LogP) is 4.32. The van der Waals surface area contributed by atoms with E-state index in [1.54, 1.807) is 7.05 Å². The molecule has 0 aliphatic carbocycles. The number of carbonyl (C=O) groups is 2. The fourth-order valence-corrected chi connectivity index (χ4v) is 2.67. The number of terminal acetylenes is 1. The normalized spacial score (nSPS) is 11.2. The summed E-state index contributed by atoms with van der Waals surface area (Å²) in [6, 6.07) is 0.128. The fourth-order valence-electron chi connectivity index (χ4n) is 1.64. The van der Waals surface area contributed by atoms with Crippen LogP contribution in [0.5, 0.6) is 0 Å². The molecule has 0 radical (unpaired) electrons. The van der Waals surface area contributed by atoms with Crippen LogP contribution in [0.4, 0.5) is 0 Å². The molecule has 0 unspecified atom stereocenters. The predicted molar refractivity (Wildman–Crippen MR) is 122 cm³/mol. The van der Waals surface area contributed by atoms with E-state index in [1.807, 2.05) is 41.5 Å². The van der Waals surface area contributed by atoms with E-state index in [4.69, 9.17) is 18.6 Å².